The van der Waals surface area contributed by atoms with E-state index in [1.54, 1.807) is 6.20 Å². The van der Waals surface area contributed by atoms with Crippen molar-refractivity contribution in [3.63, 3.8) is 0 Å². The Labute approximate surface area is 108 Å². The summed E-state index contributed by atoms with van der Waals surface area (Å²) < 4.78 is 6.56. The number of aromatic nitrogens is 2. The number of carbonyl (C=O) groups is 1. The fourth-order valence-electron chi connectivity index (χ4n) is 1.42. The van der Waals surface area contributed by atoms with Crippen LogP contribution in [0.25, 0.3) is 0 Å². The summed E-state index contributed by atoms with van der Waals surface area (Å²) in [4.78, 5) is 15.9. The van der Waals surface area contributed by atoms with E-state index in [4.69, 9.17) is 4.74 Å². The zero-order valence-corrected chi connectivity index (χ0v) is 11.7. The second kappa shape index (κ2) is 5.10. The number of hydrogen-bond acceptors (Lipinski definition) is 4. The van der Waals surface area contributed by atoms with Gasteiger partial charge in [0.25, 0.3) is 0 Å². The highest BCUT2D eigenvalue weighted by Gasteiger charge is 2.21. The van der Waals surface area contributed by atoms with E-state index in [0.717, 1.165) is 5.69 Å². The lowest BCUT2D eigenvalue weighted by Gasteiger charge is -2.20. The summed E-state index contributed by atoms with van der Waals surface area (Å²) in [5, 5.41) is 9.20. The number of rotatable bonds is 3. The molecular weight excluding hydrogens is 232 g/mol. The van der Waals surface area contributed by atoms with Gasteiger partial charge in [0.05, 0.1) is 5.69 Å². The quantitative estimate of drug-likeness (QED) is 0.898. The Morgan fingerprint density at radius 3 is 2.50 bits per heavy atom. The minimum Gasteiger partial charge on any atom is -0.443 e. The molecule has 5 nitrogen and oxygen atoms in total. The normalized spacial score (nSPS) is 12.6. The lowest BCUT2D eigenvalue weighted by molar-refractivity contribution is 0.0536. The number of aliphatic hydroxyl groups is 1. The Morgan fingerprint density at radius 2 is 2.00 bits per heavy atom. The minimum atomic E-state index is -0.522. The van der Waals surface area contributed by atoms with Crippen LogP contribution in [0.3, 0.4) is 0 Å². The molecule has 1 aromatic rings. The van der Waals surface area contributed by atoms with E-state index in [9.17, 15) is 9.90 Å². The molecule has 1 rings (SSSR count). The van der Waals surface area contributed by atoms with Gasteiger partial charge < -0.3 is 9.84 Å². The number of imidazole rings is 1. The van der Waals surface area contributed by atoms with Crippen LogP contribution in [-0.2, 0) is 11.2 Å². The van der Waals surface area contributed by atoms with Crippen molar-refractivity contribution in [2.75, 3.05) is 6.61 Å². The molecule has 1 aromatic heterocycles. The lowest BCUT2D eigenvalue weighted by atomic mass is 9.89. The summed E-state index contributed by atoms with van der Waals surface area (Å²) in [6.07, 6.45) is 3.25. The number of hydrogen-bond donors (Lipinski definition) is 1. The van der Waals surface area contributed by atoms with Gasteiger partial charge in [-0.25, -0.2) is 14.3 Å². The van der Waals surface area contributed by atoms with Crippen LogP contribution in [0.1, 0.15) is 40.3 Å². The van der Waals surface area contributed by atoms with Crippen molar-refractivity contribution in [1.29, 1.82) is 0 Å². The van der Waals surface area contributed by atoms with E-state index in [1.807, 2.05) is 34.6 Å². The van der Waals surface area contributed by atoms with E-state index in [0.29, 0.717) is 6.42 Å². The molecule has 0 fully saturated rings. The Bertz CT molecular complexity index is 416. The van der Waals surface area contributed by atoms with Gasteiger partial charge in [0.2, 0.25) is 0 Å². The maximum Gasteiger partial charge on any atom is 0.419 e. The molecule has 0 amide bonds. The van der Waals surface area contributed by atoms with Gasteiger partial charge in [-0.05, 0) is 32.6 Å². The van der Waals surface area contributed by atoms with Gasteiger partial charge in [0.1, 0.15) is 11.9 Å². The molecule has 0 aliphatic rings. The van der Waals surface area contributed by atoms with Crippen LogP contribution in [0.4, 0.5) is 4.79 Å². The first-order valence-corrected chi connectivity index (χ1v) is 6.00. The molecule has 0 saturated carbocycles. The molecule has 1 heterocycles. The van der Waals surface area contributed by atoms with Crippen molar-refractivity contribution in [2.24, 2.45) is 5.41 Å². The number of nitrogens with zero attached hydrogens (tertiary/aromatic N) is 2. The van der Waals surface area contributed by atoms with Crippen LogP contribution < -0.4 is 0 Å². The first-order valence-electron chi connectivity index (χ1n) is 6.00. The highest BCUT2D eigenvalue weighted by molar-refractivity contribution is 5.70. The van der Waals surface area contributed by atoms with Crippen LogP contribution in [0.5, 0.6) is 0 Å². The van der Waals surface area contributed by atoms with Gasteiger partial charge in [0.15, 0.2) is 0 Å². The van der Waals surface area contributed by atoms with E-state index in [-0.39, 0.29) is 12.0 Å². The van der Waals surface area contributed by atoms with Crippen LogP contribution in [0, 0.1) is 5.41 Å². The average molecular weight is 254 g/mol. The zero-order valence-electron chi connectivity index (χ0n) is 11.7. The molecule has 0 saturated heterocycles. The fourth-order valence-corrected chi connectivity index (χ4v) is 1.42. The van der Waals surface area contributed by atoms with E-state index in [2.05, 4.69) is 4.98 Å². The largest absolute Gasteiger partial charge is 0.443 e. The minimum absolute atomic E-state index is 0.0757. The van der Waals surface area contributed by atoms with Crippen molar-refractivity contribution in [1.82, 2.24) is 9.55 Å². The lowest BCUT2D eigenvalue weighted by Crippen LogP contribution is -2.26. The predicted molar refractivity (Wildman–Crippen MR) is 68.4 cm³/mol. The Kier molecular flexibility index (Phi) is 4.16. The summed E-state index contributed by atoms with van der Waals surface area (Å²) in [5.74, 6) is 0. The summed E-state index contributed by atoms with van der Waals surface area (Å²) in [5.41, 5.74) is -0.00107. The summed E-state index contributed by atoms with van der Waals surface area (Å²) >= 11 is 0. The maximum atomic E-state index is 11.8. The summed E-state index contributed by atoms with van der Waals surface area (Å²) in [6.45, 7) is 9.41. The van der Waals surface area contributed by atoms with Gasteiger partial charge >= 0.3 is 6.09 Å². The molecule has 0 spiro atoms. The molecule has 0 radical (unpaired) electrons. The monoisotopic (exact) mass is 254 g/mol. The molecule has 0 atom stereocenters. The topological polar surface area (TPSA) is 64.4 Å². The van der Waals surface area contributed by atoms with Crippen LogP contribution in [-0.4, -0.2) is 33.0 Å². The van der Waals surface area contributed by atoms with Gasteiger partial charge in [-0.3, -0.25) is 0 Å². The Balaban J connectivity index is 2.72. The standard InChI is InChI=1S/C13H22N2O3/c1-12(2,3)18-11(17)15-7-10(14-9-15)6-13(4,5)8-16/h7,9,16H,6,8H2,1-5H3. The number of aliphatic hydroxyl groups excluding tert-OH is 1. The first-order chi connectivity index (χ1) is 8.13. The molecule has 102 valence electrons. The predicted octanol–water partition coefficient (Wildman–Crippen LogP) is 2.23. The third-order valence-corrected chi connectivity index (χ3v) is 2.33. The third-order valence-electron chi connectivity index (χ3n) is 2.33. The van der Waals surface area contributed by atoms with E-state index in [1.165, 1.54) is 10.9 Å². The molecule has 0 aliphatic heterocycles. The van der Waals surface area contributed by atoms with Crippen molar-refractivity contribution < 1.29 is 14.6 Å². The van der Waals surface area contributed by atoms with Gasteiger partial charge in [-0.15, -0.1) is 0 Å². The second-order valence-electron chi connectivity index (χ2n) is 6.25. The SMILES string of the molecule is CC(C)(CO)Cc1cn(C(=O)OC(C)(C)C)cn1. The van der Waals surface area contributed by atoms with Gasteiger partial charge in [-0.1, -0.05) is 13.8 Å². The highest BCUT2D eigenvalue weighted by Crippen LogP contribution is 2.20. The molecule has 0 bridgehead atoms. The first kappa shape index (κ1) is 14.7. The van der Waals surface area contributed by atoms with Crippen LogP contribution in [0.2, 0.25) is 0 Å². The van der Waals surface area contributed by atoms with E-state index < -0.39 is 11.7 Å². The Morgan fingerprint density at radius 1 is 1.39 bits per heavy atom. The fraction of sp³-hybridized carbons (Fsp3) is 0.692. The molecule has 1 N–H and O–H groups in total. The molecular formula is C13H22N2O3. The maximum absolute atomic E-state index is 11.8. The van der Waals surface area contributed by atoms with Crippen molar-refractivity contribution in [2.45, 2.75) is 46.6 Å². The molecule has 0 aromatic carbocycles. The molecule has 18 heavy (non-hydrogen) atoms. The number of ether oxygens (including phenoxy) is 1. The second-order valence-corrected chi connectivity index (χ2v) is 6.25. The van der Waals surface area contributed by atoms with Crippen molar-refractivity contribution >= 4 is 6.09 Å². The third kappa shape index (κ3) is 4.49. The summed E-state index contributed by atoms with van der Waals surface area (Å²) in [6, 6.07) is 0. The zero-order chi connectivity index (χ0) is 14.0. The van der Waals surface area contributed by atoms with Crippen LogP contribution >= 0.6 is 0 Å². The Hall–Kier alpha value is -1.36. The highest BCUT2D eigenvalue weighted by atomic mass is 16.6. The molecule has 5 heteroatoms. The van der Waals surface area contributed by atoms with Crippen molar-refractivity contribution in [3.05, 3.63) is 18.2 Å². The van der Waals surface area contributed by atoms with Gasteiger partial charge in [0, 0.05) is 12.8 Å². The van der Waals surface area contributed by atoms with E-state index >= 15 is 0 Å². The molecule has 0 unspecified atom stereocenters. The van der Waals surface area contributed by atoms with Crippen LogP contribution in [0.15, 0.2) is 12.5 Å². The number of carbonyl (C=O) groups excluding carboxylic acids is 1. The smallest absolute Gasteiger partial charge is 0.419 e. The van der Waals surface area contributed by atoms with Crippen molar-refractivity contribution in [3.8, 4) is 0 Å². The van der Waals surface area contributed by atoms with Gasteiger partial charge in [-0.2, -0.15) is 0 Å². The molecule has 0 aliphatic carbocycles. The summed E-state index contributed by atoms with van der Waals surface area (Å²) in [7, 11) is 0. The average Bonchev–Trinajstić information content (AvgIpc) is 2.63.